The van der Waals surface area contributed by atoms with E-state index in [-0.39, 0.29) is 19.1 Å². The minimum absolute atomic E-state index is 0.0718. The first kappa shape index (κ1) is 26.7. The first-order valence-corrected chi connectivity index (χ1v) is 12.7. The van der Waals surface area contributed by atoms with Crippen LogP contribution in [0.3, 0.4) is 0 Å². The van der Waals surface area contributed by atoms with Crippen molar-refractivity contribution in [3.63, 3.8) is 0 Å². The van der Waals surface area contributed by atoms with E-state index in [9.17, 15) is 14.4 Å². The summed E-state index contributed by atoms with van der Waals surface area (Å²) in [4.78, 5) is 36.7. The zero-order valence-electron chi connectivity index (χ0n) is 21.4. The van der Waals surface area contributed by atoms with Crippen LogP contribution in [0, 0.1) is 0 Å². The van der Waals surface area contributed by atoms with Crippen molar-refractivity contribution in [1.29, 1.82) is 0 Å². The number of hydrogen-bond donors (Lipinski definition) is 2. The summed E-state index contributed by atoms with van der Waals surface area (Å²) in [6.07, 6.45) is 0.334. The van der Waals surface area contributed by atoms with Crippen molar-refractivity contribution in [1.82, 2.24) is 10.6 Å². The van der Waals surface area contributed by atoms with Crippen LogP contribution in [-0.4, -0.2) is 44.5 Å². The molecular formula is C30H32N2O6. The molecule has 2 amide bonds. The van der Waals surface area contributed by atoms with Crippen molar-refractivity contribution in [2.24, 2.45) is 0 Å². The Hall–Kier alpha value is -4.33. The molecule has 198 valence electrons. The average molecular weight is 517 g/mol. The third-order valence-electron chi connectivity index (χ3n) is 6.52. The fourth-order valence-corrected chi connectivity index (χ4v) is 4.61. The molecule has 8 heteroatoms. The normalized spacial score (nSPS) is 12.6. The molecule has 0 bridgehead atoms. The Kier molecular flexibility index (Phi) is 9.34. The number of hydrogen-bond acceptors (Lipinski definition) is 6. The van der Waals surface area contributed by atoms with Crippen LogP contribution < -0.4 is 10.6 Å². The maximum Gasteiger partial charge on any atom is 0.407 e. The van der Waals surface area contributed by atoms with Gasteiger partial charge >= 0.3 is 18.2 Å². The number of rotatable bonds is 11. The van der Waals surface area contributed by atoms with Gasteiger partial charge in [-0.25, -0.2) is 14.4 Å². The number of carbonyl (C=O) groups excluding carboxylic acids is 3. The number of fused-ring (bicyclic) bond motifs is 3. The van der Waals surface area contributed by atoms with E-state index in [1.54, 1.807) is 0 Å². The predicted octanol–water partition coefficient (Wildman–Crippen LogP) is 5.16. The lowest BCUT2D eigenvalue weighted by molar-refractivity contribution is -0.143. The lowest BCUT2D eigenvalue weighted by Gasteiger charge is -2.18. The summed E-state index contributed by atoms with van der Waals surface area (Å²) in [5.74, 6) is -0.619. The van der Waals surface area contributed by atoms with Crippen molar-refractivity contribution in [3.05, 3.63) is 95.6 Å². The zero-order chi connectivity index (χ0) is 26.7. The molecule has 1 atom stereocenters. The second-order valence-electron chi connectivity index (χ2n) is 9.03. The van der Waals surface area contributed by atoms with Crippen LogP contribution in [-0.2, 0) is 25.6 Å². The Bertz CT molecular complexity index is 1200. The molecule has 38 heavy (non-hydrogen) atoms. The summed E-state index contributed by atoms with van der Waals surface area (Å²) in [6, 6.07) is 24.7. The van der Waals surface area contributed by atoms with Gasteiger partial charge in [0.1, 0.15) is 19.3 Å². The highest BCUT2D eigenvalue weighted by atomic mass is 16.6. The van der Waals surface area contributed by atoms with E-state index < -0.39 is 24.2 Å². The highest BCUT2D eigenvalue weighted by molar-refractivity contribution is 5.82. The molecular weight excluding hydrogens is 484 g/mol. The largest absolute Gasteiger partial charge is 0.467 e. The molecule has 1 aliphatic carbocycles. The van der Waals surface area contributed by atoms with Crippen molar-refractivity contribution in [2.75, 3.05) is 20.3 Å². The Morgan fingerprint density at radius 1 is 0.789 bits per heavy atom. The second kappa shape index (κ2) is 13.3. The van der Waals surface area contributed by atoms with Crippen LogP contribution in [0.25, 0.3) is 11.1 Å². The topological polar surface area (TPSA) is 103 Å². The second-order valence-corrected chi connectivity index (χ2v) is 9.03. The molecule has 0 saturated carbocycles. The van der Waals surface area contributed by atoms with E-state index in [2.05, 4.69) is 22.8 Å². The van der Waals surface area contributed by atoms with E-state index in [1.807, 2.05) is 66.7 Å². The number of alkyl carbamates (subject to hydrolysis) is 2. The maximum atomic E-state index is 12.6. The standard InChI is InChI=1S/C30H32N2O6/c1-36-28(33)27(17-9-10-18-31-29(34)37-19-21-11-3-2-4-12-21)32-30(35)38-20-26-24-15-7-5-13-22(24)23-14-6-8-16-25(23)26/h2-8,11-16,26-27H,9-10,17-20H2,1H3,(H,31,34)(H,32,35)/t27-/m0/s1. The van der Waals surface area contributed by atoms with E-state index in [1.165, 1.54) is 7.11 Å². The van der Waals surface area contributed by atoms with Gasteiger partial charge in [-0.15, -0.1) is 0 Å². The smallest absolute Gasteiger partial charge is 0.407 e. The minimum Gasteiger partial charge on any atom is -0.467 e. The van der Waals surface area contributed by atoms with Crippen LogP contribution >= 0.6 is 0 Å². The molecule has 3 aromatic rings. The Labute approximate surface area is 222 Å². The number of nitrogens with one attached hydrogen (secondary N) is 2. The van der Waals surface area contributed by atoms with Crippen LogP contribution in [0.2, 0.25) is 0 Å². The molecule has 8 nitrogen and oxygen atoms in total. The van der Waals surface area contributed by atoms with Gasteiger partial charge in [-0.1, -0.05) is 78.9 Å². The zero-order valence-corrected chi connectivity index (χ0v) is 21.4. The third-order valence-corrected chi connectivity index (χ3v) is 6.52. The lowest BCUT2D eigenvalue weighted by Crippen LogP contribution is -2.42. The number of esters is 1. The van der Waals surface area contributed by atoms with Crippen molar-refractivity contribution >= 4 is 18.2 Å². The maximum absolute atomic E-state index is 12.6. The molecule has 0 spiro atoms. The Balaban J connectivity index is 1.20. The van der Waals surface area contributed by atoms with Crippen LogP contribution in [0.5, 0.6) is 0 Å². The van der Waals surface area contributed by atoms with Gasteiger partial charge in [0.05, 0.1) is 7.11 Å². The molecule has 0 fully saturated rings. The Morgan fingerprint density at radius 2 is 1.42 bits per heavy atom. The molecule has 3 aromatic carbocycles. The number of ether oxygens (including phenoxy) is 3. The van der Waals surface area contributed by atoms with Gasteiger partial charge in [-0.3, -0.25) is 0 Å². The molecule has 0 radical (unpaired) electrons. The summed E-state index contributed by atoms with van der Waals surface area (Å²) in [7, 11) is 1.28. The molecule has 4 rings (SSSR count). The van der Waals surface area contributed by atoms with Crippen LogP contribution in [0.1, 0.15) is 41.9 Å². The summed E-state index contributed by atoms with van der Waals surface area (Å²) in [5, 5.41) is 5.32. The van der Waals surface area contributed by atoms with Crippen molar-refractivity contribution < 1.29 is 28.6 Å². The average Bonchev–Trinajstić information content (AvgIpc) is 3.28. The number of unbranched alkanes of at least 4 members (excludes halogenated alkanes) is 1. The number of carbonyl (C=O) groups is 3. The highest BCUT2D eigenvalue weighted by Gasteiger charge is 2.29. The van der Waals surface area contributed by atoms with Gasteiger partial charge in [-0.2, -0.15) is 0 Å². The van der Waals surface area contributed by atoms with Crippen LogP contribution in [0.4, 0.5) is 9.59 Å². The van der Waals surface area contributed by atoms with E-state index in [0.717, 1.165) is 27.8 Å². The van der Waals surface area contributed by atoms with Gasteiger partial charge in [0, 0.05) is 12.5 Å². The molecule has 0 aromatic heterocycles. The fourth-order valence-electron chi connectivity index (χ4n) is 4.61. The monoisotopic (exact) mass is 516 g/mol. The number of amides is 2. The van der Waals surface area contributed by atoms with E-state index in [0.29, 0.717) is 25.8 Å². The van der Waals surface area contributed by atoms with Gasteiger partial charge in [0.2, 0.25) is 0 Å². The quantitative estimate of drug-likeness (QED) is 0.207. The van der Waals surface area contributed by atoms with Gasteiger partial charge in [0.25, 0.3) is 0 Å². The van der Waals surface area contributed by atoms with Crippen molar-refractivity contribution in [3.8, 4) is 11.1 Å². The van der Waals surface area contributed by atoms with Gasteiger partial charge < -0.3 is 24.8 Å². The SMILES string of the molecule is COC(=O)[C@H](CCCCNC(=O)OCc1ccccc1)NC(=O)OCC1c2ccccc2-c2ccccc21. The van der Waals surface area contributed by atoms with Gasteiger partial charge in [0.15, 0.2) is 0 Å². The predicted molar refractivity (Wildman–Crippen MR) is 142 cm³/mol. The number of benzene rings is 3. The lowest BCUT2D eigenvalue weighted by atomic mass is 9.98. The molecule has 0 saturated heterocycles. The highest BCUT2D eigenvalue weighted by Crippen LogP contribution is 2.44. The first-order chi connectivity index (χ1) is 18.6. The van der Waals surface area contributed by atoms with E-state index in [4.69, 9.17) is 14.2 Å². The van der Waals surface area contributed by atoms with Gasteiger partial charge in [-0.05, 0) is 47.1 Å². The van der Waals surface area contributed by atoms with E-state index >= 15 is 0 Å². The third kappa shape index (κ3) is 6.91. The molecule has 2 N–H and O–H groups in total. The van der Waals surface area contributed by atoms with Crippen LogP contribution in [0.15, 0.2) is 78.9 Å². The summed E-state index contributed by atoms with van der Waals surface area (Å²) in [5.41, 5.74) is 5.41. The molecule has 0 heterocycles. The molecule has 1 aliphatic rings. The summed E-state index contributed by atoms with van der Waals surface area (Å²) < 4.78 is 15.6. The molecule has 0 unspecified atom stereocenters. The first-order valence-electron chi connectivity index (χ1n) is 12.7. The summed E-state index contributed by atoms with van der Waals surface area (Å²) in [6.45, 7) is 0.733. The Morgan fingerprint density at radius 3 is 2.08 bits per heavy atom. The molecule has 0 aliphatic heterocycles. The van der Waals surface area contributed by atoms with Crippen molar-refractivity contribution in [2.45, 2.75) is 37.8 Å². The minimum atomic E-state index is -0.847. The summed E-state index contributed by atoms with van der Waals surface area (Å²) >= 11 is 0. The number of methoxy groups -OCH3 is 1. The fraction of sp³-hybridized carbons (Fsp3) is 0.300.